The molecule has 6 nitrogen and oxygen atoms in total. The number of anilines is 1. The summed E-state index contributed by atoms with van der Waals surface area (Å²) in [7, 11) is 2.07. The Balaban J connectivity index is 1.45. The van der Waals surface area contributed by atoms with E-state index in [1.54, 1.807) is 0 Å². The molecule has 1 aliphatic heterocycles. The third-order valence-corrected chi connectivity index (χ3v) is 5.19. The third kappa shape index (κ3) is 3.30. The van der Waals surface area contributed by atoms with Gasteiger partial charge in [0, 0.05) is 36.8 Å². The van der Waals surface area contributed by atoms with E-state index >= 15 is 0 Å². The van der Waals surface area contributed by atoms with Gasteiger partial charge in [-0.25, -0.2) is 14.4 Å². The number of likely N-dealkylation sites (N-methyl/N-ethyl adjacent to an activating group) is 1. The molecule has 0 N–H and O–H groups in total. The summed E-state index contributed by atoms with van der Waals surface area (Å²) in [5.41, 5.74) is 3.14. The van der Waals surface area contributed by atoms with E-state index in [0.717, 1.165) is 42.2 Å². The molecule has 1 aromatic carbocycles. The van der Waals surface area contributed by atoms with Crippen LogP contribution in [0.4, 0.5) is 10.2 Å². The Morgan fingerprint density at radius 2 is 1.93 bits per heavy atom. The van der Waals surface area contributed by atoms with Crippen LogP contribution in [0.15, 0.2) is 41.2 Å². The lowest BCUT2D eigenvalue weighted by atomic mass is 10.1. The molecule has 1 aliphatic rings. The van der Waals surface area contributed by atoms with Crippen LogP contribution in [-0.4, -0.2) is 46.2 Å². The number of rotatable bonds is 5. The van der Waals surface area contributed by atoms with Gasteiger partial charge in [0.25, 0.3) is 0 Å². The quantitative estimate of drug-likeness (QED) is 0.690. The van der Waals surface area contributed by atoms with Crippen LogP contribution >= 0.6 is 0 Å². The van der Waals surface area contributed by atoms with Crippen LogP contribution < -0.4 is 4.90 Å². The topological polar surface area (TPSA) is 58.3 Å². The lowest BCUT2D eigenvalue weighted by molar-refractivity contribution is 0.194. The first-order chi connectivity index (χ1) is 13.0. The summed E-state index contributed by atoms with van der Waals surface area (Å²) in [6, 6.07) is 9.68. The number of benzene rings is 1. The van der Waals surface area contributed by atoms with Crippen molar-refractivity contribution in [3.05, 3.63) is 59.5 Å². The number of nitrogens with zero attached hydrogens (tertiary/aromatic N) is 5. The van der Waals surface area contributed by atoms with Crippen molar-refractivity contribution in [1.29, 1.82) is 0 Å². The van der Waals surface area contributed by atoms with Crippen LogP contribution in [0.5, 0.6) is 0 Å². The van der Waals surface area contributed by atoms with Crippen molar-refractivity contribution < 1.29 is 8.91 Å². The minimum absolute atomic E-state index is 0.327. The van der Waals surface area contributed by atoms with Crippen molar-refractivity contribution in [2.24, 2.45) is 0 Å². The minimum atomic E-state index is -0.365. The zero-order valence-corrected chi connectivity index (χ0v) is 15.7. The van der Waals surface area contributed by atoms with E-state index < -0.39 is 0 Å². The molecule has 3 aromatic rings. The van der Waals surface area contributed by atoms with Crippen LogP contribution in [-0.2, 0) is 6.54 Å². The summed E-state index contributed by atoms with van der Waals surface area (Å²) < 4.78 is 20.2. The second-order valence-corrected chi connectivity index (χ2v) is 7.00. The molecule has 1 fully saturated rings. The predicted octanol–water partition coefficient (Wildman–Crippen LogP) is 3.21. The number of halogens is 1. The van der Waals surface area contributed by atoms with Gasteiger partial charge in [-0.1, -0.05) is 35.5 Å². The Labute approximate surface area is 157 Å². The van der Waals surface area contributed by atoms with E-state index in [0.29, 0.717) is 17.6 Å². The fourth-order valence-corrected chi connectivity index (χ4v) is 3.39. The van der Waals surface area contributed by atoms with Gasteiger partial charge in [0.1, 0.15) is 17.8 Å². The van der Waals surface area contributed by atoms with Crippen LogP contribution in [0.25, 0.3) is 11.3 Å². The molecule has 3 heterocycles. The van der Waals surface area contributed by atoms with Gasteiger partial charge in [-0.3, -0.25) is 4.90 Å². The smallest absolute Gasteiger partial charge is 0.191 e. The first-order valence-corrected chi connectivity index (χ1v) is 8.97. The molecule has 140 valence electrons. The average molecular weight is 367 g/mol. The van der Waals surface area contributed by atoms with Gasteiger partial charge in [-0.2, -0.15) is 0 Å². The minimum Gasteiger partial charge on any atom is -0.361 e. The highest BCUT2D eigenvalue weighted by atomic mass is 19.1. The highest BCUT2D eigenvalue weighted by Crippen LogP contribution is 2.30. The third-order valence-electron chi connectivity index (χ3n) is 5.19. The highest BCUT2D eigenvalue weighted by Gasteiger charge is 2.33. The van der Waals surface area contributed by atoms with Gasteiger partial charge < -0.3 is 9.42 Å². The summed E-state index contributed by atoms with van der Waals surface area (Å²) in [5.74, 6) is 0.853. The van der Waals surface area contributed by atoms with Gasteiger partial charge in [0.05, 0.1) is 5.69 Å². The molecule has 0 radical (unpaired) electrons. The van der Waals surface area contributed by atoms with Gasteiger partial charge in [-0.15, -0.1) is 0 Å². The molecule has 0 spiro atoms. The standard InChI is InChI=1S/C20H22FN5O/c1-13-17(14(2)27-24-13)11-25(3)16-9-26(10-16)20-18(21)19(22-12-23-20)15-7-5-4-6-8-15/h4-8,12,16H,9-11H2,1-3H3. The number of hydrogen-bond acceptors (Lipinski definition) is 6. The summed E-state index contributed by atoms with van der Waals surface area (Å²) in [5, 5.41) is 4.01. The molecule has 0 unspecified atom stereocenters. The van der Waals surface area contributed by atoms with Crippen LogP contribution in [0, 0.1) is 19.7 Å². The van der Waals surface area contributed by atoms with Crippen LogP contribution in [0.1, 0.15) is 17.0 Å². The zero-order valence-electron chi connectivity index (χ0n) is 15.7. The Bertz CT molecular complexity index is 917. The maximum absolute atomic E-state index is 15.0. The maximum atomic E-state index is 15.0. The van der Waals surface area contributed by atoms with Crippen molar-refractivity contribution >= 4 is 5.82 Å². The molecule has 27 heavy (non-hydrogen) atoms. The average Bonchev–Trinajstić information content (AvgIpc) is 2.94. The lowest BCUT2D eigenvalue weighted by Crippen LogP contribution is -2.58. The van der Waals surface area contributed by atoms with Crippen molar-refractivity contribution in [3.63, 3.8) is 0 Å². The first-order valence-electron chi connectivity index (χ1n) is 8.97. The van der Waals surface area contributed by atoms with E-state index in [9.17, 15) is 4.39 Å². The second-order valence-electron chi connectivity index (χ2n) is 7.00. The fourth-order valence-electron chi connectivity index (χ4n) is 3.39. The molecule has 7 heteroatoms. The molecule has 1 saturated heterocycles. The Hall–Kier alpha value is -2.80. The molecular formula is C20H22FN5O. The van der Waals surface area contributed by atoms with Gasteiger partial charge in [0.15, 0.2) is 11.6 Å². The molecule has 0 saturated carbocycles. The van der Waals surface area contributed by atoms with Crippen molar-refractivity contribution in [2.45, 2.75) is 26.4 Å². The second kappa shape index (κ2) is 7.08. The van der Waals surface area contributed by atoms with Crippen molar-refractivity contribution in [2.75, 3.05) is 25.0 Å². The molecule has 4 rings (SSSR count). The van der Waals surface area contributed by atoms with E-state index in [-0.39, 0.29) is 5.82 Å². The number of hydrogen-bond donors (Lipinski definition) is 0. The maximum Gasteiger partial charge on any atom is 0.191 e. The Morgan fingerprint density at radius 1 is 1.19 bits per heavy atom. The summed E-state index contributed by atoms with van der Waals surface area (Å²) in [6.45, 7) is 6.09. The molecule has 0 aliphatic carbocycles. The zero-order chi connectivity index (χ0) is 19.0. The van der Waals surface area contributed by atoms with Crippen LogP contribution in [0.2, 0.25) is 0 Å². The Kier molecular flexibility index (Phi) is 4.61. The Morgan fingerprint density at radius 3 is 2.59 bits per heavy atom. The molecular weight excluding hydrogens is 345 g/mol. The van der Waals surface area contributed by atoms with Gasteiger partial charge >= 0.3 is 0 Å². The number of aryl methyl sites for hydroxylation is 2. The van der Waals surface area contributed by atoms with Crippen LogP contribution in [0.3, 0.4) is 0 Å². The monoisotopic (exact) mass is 367 g/mol. The van der Waals surface area contributed by atoms with E-state index in [4.69, 9.17) is 4.52 Å². The molecule has 0 atom stereocenters. The SMILES string of the molecule is Cc1noc(C)c1CN(C)C1CN(c2ncnc(-c3ccccc3)c2F)C1. The highest BCUT2D eigenvalue weighted by molar-refractivity contribution is 5.64. The predicted molar refractivity (Wildman–Crippen MR) is 101 cm³/mol. The summed E-state index contributed by atoms with van der Waals surface area (Å²) in [4.78, 5) is 12.5. The molecule has 0 amide bonds. The number of aromatic nitrogens is 3. The van der Waals surface area contributed by atoms with E-state index in [1.807, 2.05) is 49.1 Å². The summed E-state index contributed by atoms with van der Waals surface area (Å²) >= 11 is 0. The normalized spacial score (nSPS) is 14.6. The van der Waals surface area contributed by atoms with E-state index in [1.165, 1.54) is 6.33 Å². The largest absolute Gasteiger partial charge is 0.361 e. The first kappa shape index (κ1) is 17.6. The lowest BCUT2D eigenvalue weighted by Gasteiger charge is -2.44. The van der Waals surface area contributed by atoms with E-state index in [2.05, 4.69) is 27.1 Å². The summed E-state index contributed by atoms with van der Waals surface area (Å²) in [6.07, 6.45) is 1.43. The molecule has 2 aromatic heterocycles. The van der Waals surface area contributed by atoms with Crippen molar-refractivity contribution in [1.82, 2.24) is 20.0 Å². The fraction of sp³-hybridized carbons (Fsp3) is 0.350. The van der Waals surface area contributed by atoms with Gasteiger partial charge in [-0.05, 0) is 20.9 Å². The van der Waals surface area contributed by atoms with Gasteiger partial charge in [0.2, 0.25) is 0 Å². The molecule has 0 bridgehead atoms. The van der Waals surface area contributed by atoms with Crippen molar-refractivity contribution in [3.8, 4) is 11.3 Å².